The Hall–Kier alpha value is -2.39. The van der Waals surface area contributed by atoms with E-state index < -0.39 is 0 Å². The molecular formula is C19H19N3. The zero-order chi connectivity index (χ0) is 14.8. The summed E-state index contributed by atoms with van der Waals surface area (Å²) in [7, 11) is 0. The first-order valence-electron chi connectivity index (χ1n) is 7.79. The van der Waals surface area contributed by atoms with E-state index in [0.717, 1.165) is 25.5 Å². The fraction of sp³-hybridized carbons (Fsp3) is 0.211. The number of benzene rings is 2. The molecule has 3 aromatic rings. The standard InChI is InChI=1S/C19H19N3/c1-2-6-16-13-17(9-8-15(16)5-1)18-14-20-11-12-22(18)19-7-3-4-10-21-19/h1-10,13,18,20H,11-12,14H2. The summed E-state index contributed by atoms with van der Waals surface area (Å²) in [6.45, 7) is 2.93. The van der Waals surface area contributed by atoms with Gasteiger partial charge in [0.05, 0.1) is 6.04 Å². The van der Waals surface area contributed by atoms with E-state index in [9.17, 15) is 0 Å². The number of piperazine rings is 1. The molecule has 0 aliphatic carbocycles. The van der Waals surface area contributed by atoms with Gasteiger partial charge in [0.2, 0.25) is 0 Å². The Labute approximate surface area is 130 Å². The molecule has 3 nitrogen and oxygen atoms in total. The van der Waals surface area contributed by atoms with Crippen LogP contribution >= 0.6 is 0 Å². The number of nitrogens with zero attached hydrogens (tertiary/aromatic N) is 2. The van der Waals surface area contributed by atoms with Gasteiger partial charge in [-0.15, -0.1) is 0 Å². The smallest absolute Gasteiger partial charge is 0.129 e. The van der Waals surface area contributed by atoms with Crippen molar-refractivity contribution < 1.29 is 0 Å². The van der Waals surface area contributed by atoms with Crippen molar-refractivity contribution in [1.29, 1.82) is 0 Å². The lowest BCUT2D eigenvalue weighted by Crippen LogP contribution is -2.46. The van der Waals surface area contributed by atoms with Crippen LogP contribution in [0, 0.1) is 0 Å². The maximum absolute atomic E-state index is 4.54. The Bertz CT molecular complexity index is 770. The quantitative estimate of drug-likeness (QED) is 0.784. The molecular weight excluding hydrogens is 270 g/mol. The lowest BCUT2D eigenvalue weighted by Gasteiger charge is -2.37. The van der Waals surface area contributed by atoms with Crippen LogP contribution in [0.4, 0.5) is 5.82 Å². The molecule has 1 aliphatic heterocycles. The highest BCUT2D eigenvalue weighted by Gasteiger charge is 2.24. The molecule has 0 radical (unpaired) electrons. The monoisotopic (exact) mass is 289 g/mol. The average molecular weight is 289 g/mol. The second kappa shape index (κ2) is 5.78. The Morgan fingerprint density at radius 1 is 0.955 bits per heavy atom. The van der Waals surface area contributed by atoms with Gasteiger partial charge in [0.1, 0.15) is 5.82 Å². The van der Waals surface area contributed by atoms with E-state index in [1.807, 2.05) is 12.3 Å². The second-order valence-corrected chi connectivity index (χ2v) is 5.71. The van der Waals surface area contributed by atoms with Crippen molar-refractivity contribution in [1.82, 2.24) is 10.3 Å². The van der Waals surface area contributed by atoms with E-state index in [-0.39, 0.29) is 0 Å². The van der Waals surface area contributed by atoms with Crippen LogP contribution in [0.25, 0.3) is 10.8 Å². The summed E-state index contributed by atoms with van der Waals surface area (Å²) in [5, 5.41) is 6.10. The summed E-state index contributed by atoms with van der Waals surface area (Å²) >= 11 is 0. The summed E-state index contributed by atoms with van der Waals surface area (Å²) in [5.41, 5.74) is 1.34. The molecule has 2 heterocycles. The number of aromatic nitrogens is 1. The van der Waals surface area contributed by atoms with Crippen molar-refractivity contribution in [3.63, 3.8) is 0 Å². The summed E-state index contributed by atoms with van der Waals surface area (Å²) in [4.78, 5) is 6.94. The summed E-state index contributed by atoms with van der Waals surface area (Å²) in [5.74, 6) is 1.06. The van der Waals surface area contributed by atoms with Gasteiger partial charge in [-0.05, 0) is 34.5 Å². The number of hydrogen-bond donors (Lipinski definition) is 1. The summed E-state index contributed by atoms with van der Waals surface area (Å²) in [6.07, 6.45) is 1.87. The first kappa shape index (κ1) is 13.3. The molecule has 0 amide bonds. The fourth-order valence-corrected chi connectivity index (χ4v) is 3.22. The van der Waals surface area contributed by atoms with Crippen molar-refractivity contribution >= 4 is 16.6 Å². The van der Waals surface area contributed by atoms with Crippen molar-refractivity contribution in [3.8, 4) is 0 Å². The Kier molecular flexibility index (Phi) is 3.49. The summed E-state index contributed by atoms with van der Waals surface area (Å²) < 4.78 is 0. The van der Waals surface area contributed by atoms with Gasteiger partial charge in [-0.25, -0.2) is 4.98 Å². The van der Waals surface area contributed by atoms with Crippen LogP contribution in [0.15, 0.2) is 66.9 Å². The molecule has 1 aliphatic rings. The molecule has 1 fully saturated rings. The topological polar surface area (TPSA) is 28.2 Å². The molecule has 0 bridgehead atoms. The van der Waals surface area contributed by atoms with E-state index in [4.69, 9.17) is 0 Å². The second-order valence-electron chi connectivity index (χ2n) is 5.71. The van der Waals surface area contributed by atoms with Crippen LogP contribution in [0.1, 0.15) is 11.6 Å². The fourth-order valence-electron chi connectivity index (χ4n) is 3.22. The lowest BCUT2D eigenvalue weighted by atomic mass is 9.99. The minimum Gasteiger partial charge on any atom is -0.347 e. The van der Waals surface area contributed by atoms with Crippen molar-refractivity contribution in [2.24, 2.45) is 0 Å². The van der Waals surface area contributed by atoms with E-state index in [1.165, 1.54) is 16.3 Å². The molecule has 1 N–H and O–H groups in total. The van der Waals surface area contributed by atoms with Gasteiger partial charge in [0, 0.05) is 25.8 Å². The molecule has 2 aromatic carbocycles. The van der Waals surface area contributed by atoms with Gasteiger partial charge in [-0.3, -0.25) is 0 Å². The third-order valence-corrected chi connectivity index (χ3v) is 4.35. The van der Waals surface area contributed by atoms with Gasteiger partial charge in [0.15, 0.2) is 0 Å². The van der Waals surface area contributed by atoms with Crippen LogP contribution < -0.4 is 10.2 Å². The number of anilines is 1. The van der Waals surface area contributed by atoms with Gasteiger partial charge in [-0.1, -0.05) is 42.5 Å². The zero-order valence-electron chi connectivity index (χ0n) is 12.4. The van der Waals surface area contributed by atoms with Gasteiger partial charge in [0.25, 0.3) is 0 Å². The number of pyridine rings is 1. The van der Waals surface area contributed by atoms with Gasteiger partial charge < -0.3 is 10.2 Å². The Morgan fingerprint density at radius 2 is 1.82 bits per heavy atom. The molecule has 1 atom stereocenters. The molecule has 110 valence electrons. The molecule has 1 saturated heterocycles. The molecule has 0 saturated carbocycles. The number of fused-ring (bicyclic) bond motifs is 1. The van der Waals surface area contributed by atoms with Crippen molar-refractivity contribution in [3.05, 3.63) is 72.4 Å². The Balaban J connectivity index is 1.74. The maximum atomic E-state index is 4.54. The molecule has 1 aromatic heterocycles. The third-order valence-electron chi connectivity index (χ3n) is 4.35. The minimum atomic E-state index is 0.327. The minimum absolute atomic E-state index is 0.327. The number of rotatable bonds is 2. The van der Waals surface area contributed by atoms with Crippen LogP contribution in [0.2, 0.25) is 0 Å². The highest BCUT2D eigenvalue weighted by atomic mass is 15.3. The van der Waals surface area contributed by atoms with Crippen LogP contribution in [0.3, 0.4) is 0 Å². The highest BCUT2D eigenvalue weighted by molar-refractivity contribution is 5.83. The molecule has 22 heavy (non-hydrogen) atoms. The van der Waals surface area contributed by atoms with Crippen LogP contribution in [0.5, 0.6) is 0 Å². The first-order chi connectivity index (χ1) is 10.9. The molecule has 4 rings (SSSR count). The van der Waals surface area contributed by atoms with Crippen molar-refractivity contribution in [2.45, 2.75) is 6.04 Å². The lowest BCUT2D eigenvalue weighted by molar-refractivity contribution is 0.486. The van der Waals surface area contributed by atoms with Crippen LogP contribution in [-0.2, 0) is 0 Å². The van der Waals surface area contributed by atoms with E-state index in [2.05, 4.69) is 69.8 Å². The van der Waals surface area contributed by atoms with E-state index >= 15 is 0 Å². The number of hydrogen-bond acceptors (Lipinski definition) is 3. The van der Waals surface area contributed by atoms with E-state index in [0.29, 0.717) is 6.04 Å². The highest BCUT2D eigenvalue weighted by Crippen LogP contribution is 2.28. The molecule has 0 spiro atoms. The maximum Gasteiger partial charge on any atom is 0.129 e. The van der Waals surface area contributed by atoms with Crippen LogP contribution in [-0.4, -0.2) is 24.6 Å². The van der Waals surface area contributed by atoms with E-state index in [1.54, 1.807) is 0 Å². The largest absolute Gasteiger partial charge is 0.347 e. The number of nitrogens with one attached hydrogen (secondary N) is 1. The van der Waals surface area contributed by atoms with Gasteiger partial charge >= 0.3 is 0 Å². The van der Waals surface area contributed by atoms with Crippen molar-refractivity contribution in [2.75, 3.05) is 24.5 Å². The predicted octanol–water partition coefficient (Wildman–Crippen LogP) is 3.39. The molecule has 1 unspecified atom stereocenters. The third kappa shape index (κ3) is 2.44. The first-order valence-corrected chi connectivity index (χ1v) is 7.79. The normalized spacial score (nSPS) is 18.5. The molecule has 3 heteroatoms. The zero-order valence-corrected chi connectivity index (χ0v) is 12.4. The van der Waals surface area contributed by atoms with Gasteiger partial charge in [-0.2, -0.15) is 0 Å². The SMILES string of the molecule is c1ccc(N2CCNCC2c2ccc3ccccc3c2)nc1. The summed E-state index contributed by atoms with van der Waals surface area (Å²) in [6, 6.07) is 21.8. The predicted molar refractivity (Wildman–Crippen MR) is 91.1 cm³/mol. The Morgan fingerprint density at radius 3 is 2.68 bits per heavy atom. The average Bonchev–Trinajstić information content (AvgIpc) is 2.62.